The van der Waals surface area contributed by atoms with Crippen LogP contribution in [0.4, 0.5) is 0 Å². The van der Waals surface area contributed by atoms with Crippen molar-refractivity contribution in [2.75, 3.05) is 13.2 Å². The Bertz CT molecular complexity index is 3350. The Hall–Kier alpha value is -7.78. The molecule has 6 nitrogen and oxygen atoms in total. The number of esters is 2. The zero-order chi connectivity index (χ0) is 63.6. The molecule has 0 amide bonds. The largest absolute Gasteiger partial charge is 0.494 e. The van der Waals surface area contributed by atoms with Gasteiger partial charge in [0.2, 0.25) is 0 Å². The number of unbranched alkanes of at least 4 members (excludes halogenated alkanes) is 14. The van der Waals surface area contributed by atoms with Gasteiger partial charge in [-0.1, -0.05) is 227 Å². The van der Waals surface area contributed by atoms with E-state index in [0.717, 1.165) is 115 Å². The van der Waals surface area contributed by atoms with Crippen LogP contribution in [-0.2, 0) is 24.5 Å². The fourth-order valence-electron chi connectivity index (χ4n) is 12.8. The first-order valence-electron chi connectivity index (χ1n) is 33.7. The number of benzene rings is 6. The van der Waals surface area contributed by atoms with Crippen molar-refractivity contribution in [2.45, 2.75) is 173 Å². The first-order valence-corrected chi connectivity index (χ1v) is 35.4. The predicted molar refractivity (Wildman–Crippen MR) is 385 cm³/mol. The third-order valence-corrected chi connectivity index (χ3v) is 20.1. The maximum atomic E-state index is 11.9. The number of hydrogen-bond donors (Lipinski definition) is 0. The van der Waals surface area contributed by atoms with Gasteiger partial charge in [0, 0.05) is 37.8 Å². The summed E-state index contributed by atoms with van der Waals surface area (Å²) >= 11 is 3.76. The van der Waals surface area contributed by atoms with Crippen molar-refractivity contribution in [3.8, 4) is 86.6 Å². The van der Waals surface area contributed by atoms with Crippen molar-refractivity contribution in [1.29, 1.82) is 0 Å². The van der Waals surface area contributed by atoms with Crippen LogP contribution >= 0.6 is 22.7 Å². The highest BCUT2D eigenvalue weighted by Gasteiger charge is 2.42. The van der Waals surface area contributed by atoms with Gasteiger partial charge in [0.05, 0.1) is 13.2 Å². The Kier molecular flexibility index (Phi) is 26.1. The van der Waals surface area contributed by atoms with Gasteiger partial charge in [-0.2, -0.15) is 0 Å². The van der Waals surface area contributed by atoms with Crippen LogP contribution in [0.1, 0.15) is 166 Å². The summed E-state index contributed by atoms with van der Waals surface area (Å²) in [6.07, 6.45) is 28.7. The summed E-state index contributed by atoms with van der Waals surface area (Å²) in [5, 5.41) is 0. The SMILES string of the molecule is C=CC(C=C)OC(=O)CCCCCCCCCCOc1ccc(-c2ccc(-c3ccc(-c4ccc5c(c4)C(CCC)(CCC)c4cc(-c6ccc(-c7ccc(-c8ccc(OCCCCCCCCCCC(=O)OC(C=C)C=C)cc8)cc7)s6)ccc4-5)s3)cc2)cc1. The van der Waals surface area contributed by atoms with Crippen LogP contribution < -0.4 is 9.47 Å². The normalized spacial score (nSPS) is 12.1. The van der Waals surface area contributed by atoms with Crippen LogP contribution in [0.2, 0.25) is 0 Å². The molecule has 91 heavy (non-hydrogen) atoms. The number of carbonyl (C=O) groups is 2. The van der Waals surface area contributed by atoms with Gasteiger partial charge < -0.3 is 18.9 Å². The van der Waals surface area contributed by atoms with E-state index in [1.165, 1.54) is 125 Å². The van der Waals surface area contributed by atoms with Crippen molar-refractivity contribution in [2.24, 2.45) is 0 Å². The Labute approximate surface area is 551 Å². The van der Waals surface area contributed by atoms with Gasteiger partial charge in [0.25, 0.3) is 0 Å². The molecule has 0 unspecified atom stereocenters. The summed E-state index contributed by atoms with van der Waals surface area (Å²) < 4.78 is 22.8. The van der Waals surface area contributed by atoms with Gasteiger partial charge in [-0.3, -0.25) is 9.59 Å². The highest BCUT2D eigenvalue weighted by Crippen LogP contribution is 2.56. The quantitative estimate of drug-likeness (QED) is 0.0217. The molecule has 0 saturated carbocycles. The van der Waals surface area contributed by atoms with Crippen LogP contribution in [0, 0.1) is 0 Å². The molecule has 1 aliphatic carbocycles. The third-order valence-electron chi connectivity index (χ3n) is 17.8. The van der Waals surface area contributed by atoms with Crippen molar-refractivity contribution < 1.29 is 28.5 Å². The molecule has 474 valence electrons. The first-order chi connectivity index (χ1) is 44.6. The van der Waals surface area contributed by atoms with E-state index in [1.807, 2.05) is 22.7 Å². The Balaban J connectivity index is 0.731. The van der Waals surface area contributed by atoms with E-state index in [2.05, 4.69) is 198 Å². The molecule has 0 saturated heterocycles. The fourth-order valence-corrected chi connectivity index (χ4v) is 14.8. The first kappa shape index (κ1) is 67.6. The standard InChI is InChI=1S/C83H94O6S2/c1-7-55-83(56-8-2)75-59-67(79-53-51-77(90-79)65-35-31-61(32-36-65)63-39-45-71(46-40-63)86-57-27-23-19-15-13-17-21-25-29-81(84)88-69(9-3)10-4)43-49-73(75)74-50-44-68(60-76(74)83)80-54-52-78(91-80)66-37-33-62(34-38-66)64-41-47-72(48-42-64)87-58-28-24-20-16-14-18-22-26-30-82(85)89-70(11-5)12-6/h9-12,31-54,59-60,69-70H,3-8,13-30,55-58H2,1-2H3. The maximum absolute atomic E-state index is 11.9. The van der Waals surface area contributed by atoms with E-state index in [9.17, 15) is 9.59 Å². The number of fused-ring (bicyclic) bond motifs is 3. The Morgan fingerprint density at radius 1 is 0.374 bits per heavy atom. The molecule has 0 N–H and O–H groups in total. The minimum Gasteiger partial charge on any atom is -0.494 e. The lowest BCUT2D eigenvalue weighted by molar-refractivity contribution is -0.146. The van der Waals surface area contributed by atoms with Crippen LogP contribution in [-0.4, -0.2) is 37.4 Å². The second-order valence-electron chi connectivity index (χ2n) is 24.3. The fraction of sp³-hybridized carbons (Fsp3) is 0.349. The highest BCUT2D eigenvalue weighted by molar-refractivity contribution is 7.19. The average Bonchev–Trinajstić information content (AvgIpc) is 1.57. The number of carbonyl (C=O) groups excluding carboxylic acids is 2. The topological polar surface area (TPSA) is 71.1 Å². The van der Waals surface area contributed by atoms with Crippen molar-refractivity contribution in [3.05, 3.63) is 219 Å². The molecule has 6 aromatic carbocycles. The summed E-state index contributed by atoms with van der Waals surface area (Å²) in [7, 11) is 0. The van der Waals surface area contributed by atoms with E-state index in [1.54, 1.807) is 24.3 Å². The summed E-state index contributed by atoms with van der Waals surface area (Å²) in [4.78, 5) is 29.0. The predicted octanol–water partition coefficient (Wildman–Crippen LogP) is 24.0. The van der Waals surface area contributed by atoms with Gasteiger partial charge >= 0.3 is 11.9 Å². The van der Waals surface area contributed by atoms with E-state index in [0.29, 0.717) is 12.8 Å². The smallest absolute Gasteiger partial charge is 0.306 e. The summed E-state index contributed by atoms with van der Waals surface area (Å²) in [5.41, 5.74) is 15.5. The van der Waals surface area contributed by atoms with Crippen LogP contribution in [0.15, 0.2) is 208 Å². The summed E-state index contributed by atoms with van der Waals surface area (Å²) in [6.45, 7) is 20.8. The second kappa shape index (κ2) is 35.1. The van der Waals surface area contributed by atoms with Crippen LogP contribution in [0.5, 0.6) is 11.5 Å². The lowest BCUT2D eigenvalue weighted by Crippen LogP contribution is -2.25. The monoisotopic (exact) mass is 1250 g/mol. The number of ether oxygens (including phenoxy) is 4. The maximum Gasteiger partial charge on any atom is 0.306 e. The molecule has 0 spiro atoms. The molecule has 8 aromatic rings. The second-order valence-corrected chi connectivity index (χ2v) is 26.5. The lowest BCUT2D eigenvalue weighted by atomic mass is 9.71. The van der Waals surface area contributed by atoms with E-state index in [-0.39, 0.29) is 17.4 Å². The van der Waals surface area contributed by atoms with E-state index in [4.69, 9.17) is 18.9 Å². The highest BCUT2D eigenvalue weighted by atomic mass is 32.1. The minimum atomic E-state index is -0.395. The van der Waals surface area contributed by atoms with E-state index >= 15 is 0 Å². The van der Waals surface area contributed by atoms with Crippen molar-refractivity contribution >= 4 is 34.6 Å². The lowest BCUT2D eigenvalue weighted by Gasteiger charge is -2.32. The van der Waals surface area contributed by atoms with Gasteiger partial charge in [-0.05, 0) is 190 Å². The molecule has 0 fully saturated rings. The van der Waals surface area contributed by atoms with Gasteiger partial charge in [-0.15, -0.1) is 22.7 Å². The Morgan fingerprint density at radius 2 is 0.659 bits per heavy atom. The molecule has 0 aliphatic heterocycles. The number of thiophene rings is 2. The zero-order valence-corrected chi connectivity index (χ0v) is 55.7. The zero-order valence-electron chi connectivity index (χ0n) is 54.0. The van der Waals surface area contributed by atoms with Gasteiger partial charge in [-0.25, -0.2) is 0 Å². The van der Waals surface area contributed by atoms with E-state index < -0.39 is 12.2 Å². The summed E-state index contributed by atoms with van der Waals surface area (Å²) in [5.74, 6) is 1.48. The number of hydrogen-bond acceptors (Lipinski definition) is 8. The Morgan fingerprint density at radius 3 is 0.989 bits per heavy atom. The van der Waals surface area contributed by atoms with Crippen molar-refractivity contribution in [3.63, 3.8) is 0 Å². The molecule has 0 bridgehead atoms. The van der Waals surface area contributed by atoms with Gasteiger partial charge in [0.15, 0.2) is 0 Å². The molecule has 0 atom stereocenters. The molecular formula is C83H94O6S2. The number of rotatable bonds is 40. The summed E-state index contributed by atoms with van der Waals surface area (Å²) in [6, 6.07) is 58.8. The molecule has 9 rings (SSSR count). The van der Waals surface area contributed by atoms with Crippen LogP contribution in [0.3, 0.4) is 0 Å². The molecule has 1 aliphatic rings. The molecule has 2 heterocycles. The molecule has 0 radical (unpaired) electrons. The minimum absolute atomic E-state index is 0.0436. The molecule has 8 heteroatoms. The molecule has 2 aromatic heterocycles. The van der Waals surface area contributed by atoms with Crippen molar-refractivity contribution in [1.82, 2.24) is 0 Å². The van der Waals surface area contributed by atoms with Crippen LogP contribution in [0.25, 0.3) is 75.1 Å². The van der Waals surface area contributed by atoms with Gasteiger partial charge in [0.1, 0.15) is 23.7 Å². The molecular weight excluding hydrogens is 1160 g/mol. The third kappa shape index (κ3) is 18.7. The average molecular weight is 1250 g/mol.